The van der Waals surface area contributed by atoms with Crippen LogP contribution in [0.4, 0.5) is 0 Å². The minimum Gasteiger partial charge on any atom is -0.299 e. The zero-order chi connectivity index (χ0) is 13.8. The van der Waals surface area contributed by atoms with Crippen LogP contribution in [0.1, 0.15) is 24.8 Å². The smallest absolute Gasteiger partial charge is 0.0866 e. The minimum absolute atomic E-state index is 0.504. The van der Waals surface area contributed by atoms with Crippen LogP contribution in [0.3, 0.4) is 0 Å². The van der Waals surface area contributed by atoms with Crippen LogP contribution in [0.5, 0.6) is 0 Å². The van der Waals surface area contributed by atoms with Crippen LogP contribution >= 0.6 is 0 Å². The Balaban J connectivity index is 1.51. The second-order valence-corrected chi connectivity index (χ2v) is 6.38. The molecule has 2 saturated heterocycles. The molecule has 2 aliphatic rings. The maximum atomic E-state index is 8.82. The summed E-state index contributed by atoms with van der Waals surface area (Å²) in [6, 6.07) is 13.0. The summed E-state index contributed by atoms with van der Waals surface area (Å²) in [5.74, 6) is 0. The fourth-order valence-electron chi connectivity index (χ4n) is 3.70. The maximum Gasteiger partial charge on any atom is 0.0866 e. The summed E-state index contributed by atoms with van der Waals surface area (Å²) in [6.45, 7) is 6.35. The number of piperidine rings is 1. The molecule has 3 rings (SSSR count). The van der Waals surface area contributed by atoms with Gasteiger partial charge in [0.15, 0.2) is 0 Å². The average molecular weight is 269 g/mol. The number of nitriles is 1. The number of likely N-dealkylation sites (tertiary alicyclic amines) is 2. The van der Waals surface area contributed by atoms with Gasteiger partial charge in [-0.2, -0.15) is 5.26 Å². The molecular formula is C17H23N3. The standard InChI is InChI=1S/C17H23N3/c18-9-13-20-12-8-17(15-20)6-10-19(11-7-17)14-16-4-2-1-3-5-16/h1-5H,6-8,10-15H2. The zero-order valence-electron chi connectivity index (χ0n) is 12.1. The van der Waals surface area contributed by atoms with Gasteiger partial charge in [0.2, 0.25) is 0 Å². The van der Waals surface area contributed by atoms with E-state index < -0.39 is 0 Å². The molecule has 2 heterocycles. The van der Waals surface area contributed by atoms with Crippen molar-refractivity contribution in [2.75, 3.05) is 32.7 Å². The summed E-state index contributed by atoms with van der Waals surface area (Å²) in [4.78, 5) is 4.90. The fraction of sp³-hybridized carbons (Fsp3) is 0.588. The third-order valence-corrected chi connectivity index (χ3v) is 4.98. The lowest BCUT2D eigenvalue weighted by atomic mass is 9.77. The van der Waals surface area contributed by atoms with E-state index in [-0.39, 0.29) is 0 Å². The highest BCUT2D eigenvalue weighted by molar-refractivity contribution is 5.14. The molecule has 0 bridgehead atoms. The molecular weight excluding hydrogens is 246 g/mol. The Kier molecular flexibility index (Phi) is 4.05. The van der Waals surface area contributed by atoms with Crippen LogP contribution in [-0.2, 0) is 6.54 Å². The van der Waals surface area contributed by atoms with Crippen LogP contribution in [0.2, 0.25) is 0 Å². The number of hydrogen-bond acceptors (Lipinski definition) is 3. The fourth-order valence-corrected chi connectivity index (χ4v) is 3.70. The Morgan fingerprint density at radius 3 is 2.30 bits per heavy atom. The van der Waals surface area contributed by atoms with E-state index in [0.717, 1.165) is 19.6 Å². The molecule has 20 heavy (non-hydrogen) atoms. The van der Waals surface area contributed by atoms with Crippen molar-refractivity contribution in [3.63, 3.8) is 0 Å². The van der Waals surface area contributed by atoms with Gasteiger partial charge in [0, 0.05) is 13.1 Å². The first-order valence-corrected chi connectivity index (χ1v) is 7.65. The Morgan fingerprint density at radius 2 is 1.65 bits per heavy atom. The first-order chi connectivity index (χ1) is 9.80. The Morgan fingerprint density at radius 1 is 1.00 bits per heavy atom. The summed E-state index contributed by atoms with van der Waals surface area (Å²) < 4.78 is 0. The molecule has 0 unspecified atom stereocenters. The summed E-state index contributed by atoms with van der Waals surface area (Å²) >= 11 is 0. The monoisotopic (exact) mass is 269 g/mol. The van der Waals surface area contributed by atoms with E-state index in [4.69, 9.17) is 5.26 Å². The maximum absolute atomic E-state index is 8.82. The van der Waals surface area contributed by atoms with Gasteiger partial charge in [-0.25, -0.2) is 0 Å². The molecule has 0 aliphatic carbocycles. The van der Waals surface area contributed by atoms with E-state index in [2.05, 4.69) is 46.2 Å². The lowest BCUT2D eigenvalue weighted by Gasteiger charge is -2.39. The van der Waals surface area contributed by atoms with Crippen LogP contribution in [0.15, 0.2) is 30.3 Å². The van der Waals surface area contributed by atoms with E-state index in [1.54, 1.807) is 0 Å². The van der Waals surface area contributed by atoms with Crippen molar-refractivity contribution in [3.8, 4) is 6.07 Å². The molecule has 0 atom stereocenters. The van der Waals surface area contributed by atoms with E-state index >= 15 is 0 Å². The molecule has 3 heteroatoms. The van der Waals surface area contributed by atoms with Crippen LogP contribution in [-0.4, -0.2) is 42.5 Å². The molecule has 1 aromatic rings. The third kappa shape index (κ3) is 3.03. The Labute approximate surface area is 121 Å². The van der Waals surface area contributed by atoms with Gasteiger partial charge < -0.3 is 0 Å². The first-order valence-electron chi connectivity index (χ1n) is 7.65. The molecule has 1 aromatic carbocycles. The van der Waals surface area contributed by atoms with Crippen LogP contribution in [0.25, 0.3) is 0 Å². The number of hydrogen-bond donors (Lipinski definition) is 0. The number of nitrogens with zero attached hydrogens (tertiary/aromatic N) is 3. The van der Waals surface area contributed by atoms with Gasteiger partial charge in [0.05, 0.1) is 12.6 Å². The van der Waals surface area contributed by atoms with Crippen molar-refractivity contribution in [1.82, 2.24) is 9.80 Å². The van der Waals surface area contributed by atoms with Crippen LogP contribution < -0.4 is 0 Å². The largest absolute Gasteiger partial charge is 0.299 e. The van der Waals surface area contributed by atoms with Crippen molar-refractivity contribution in [3.05, 3.63) is 35.9 Å². The van der Waals surface area contributed by atoms with Gasteiger partial charge in [-0.15, -0.1) is 0 Å². The van der Waals surface area contributed by atoms with Crippen molar-refractivity contribution in [2.24, 2.45) is 5.41 Å². The molecule has 106 valence electrons. The topological polar surface area (TPSA) is 30.3 Å². The van der Waals surface area contributed by atoms with Gasteiger partial charge in [0.25, 0.3) is 0 Å². The SMILES string of the molecule is N#CCN1CCC2(CCN(Cc3ccccc3)CC2)C1. The predicted octanol–water partition coefficient (Wildman–Crippen LogP) is 2.50. The molecule has 0 amide bonds. The minimum atomic E-state index is 0.504. The lowest BCUT2D eigenvalue weighted by molar-refractivity contribution is 0.104. The third-order valence-electron chi connectivity index (χ3n) is 4.98. The molecule has 2 fully saturated rings. The highest BCUT2D eigenvalue weighted by Crippen LogP contribution is 2.40. The van der Waals surface area contributed by atoms with Crippen molar-refractivity contribution >= 4 is 0 Å². The molecule has 2 aliphatic heterocycles. The Hall–Kier alpha value is -1.37. The summed E-state index contributed by atoms with van der Waals surface area (Å²) in [5.41, 5.74) is 1.92. The molecule has 0 aromatic heterocycles. The normalized spacial score (nSPS) is 22.9. The Bertz CT molecular complexity index is 469. The summed E-state index contributed by atoms with van der Waals surface area (Å²) in [7, 11) is 0. The highest BCUT2D eigenvalue weighted by atomic mass is 15.2. The van der Waals surface area contributed by atoms with E-state index in [1.807, 2.05) is 0 Å². The number of rotatable bonds is 3. The lowest BCUT2D eigenvalue weighted by Crippen LogP contribution is -2.41. The molecule has 0 saturated carbocycles. The van der Waals surface area contributed by atoms with Gasteiger partial charge >= 0.3 is 0 Å². The molecule has 3 nitrogen and oxygen atoms in total. The second kappa shape index (κ2) is 5.95. The van der Waals surface area contributed by atoms with Crippen LogP contribution in [0, 0.1) is 16.7 Å². The van der Waals surface area contributed by atoms with Gasteiger partial charge in [-0.3, -0.25) is 9.80 Å². The predicted molar refractivity (Wildman–Crippen MR) is 80.1 cm³/mol. The van der Waals surface area contributed by atoms with E-state index in [1.165, 1.54) is 37.9 Å². The molecule has 0 N–H and O–H groups in total. The van der Waals surface area contributed by atoms with Crippen molar-refractivity contribution < 1.29 is 0 Å². The summed E-state index contributed by atoms with van der Waals surface area (Å²) in [6.07, 6.45) is 3.87. The quantitative estimate of drug-likeness (QED) is 0.790. The van der Waals surface area contributed by atoms with Crippen molar-refractivity contribution in [2.45, 2.75) is 25.8 Å². The molecule has 0 radical (unpaired) electrons. The van der Waals surface area contributed by atoms with Gasteiger partial charge in [-0.1, -0.05) is 30.3 Å². The average Bonchev–Trinajstić information content (AvgIpc) is 2.86. The van der Waals surface area contributed by atoms with E-state index in [9.17, 15) is 0 Å². The van der Waals surface area contributed by atoms with Gasteiger partial charge in [-0.05, 0) is 49.9 Å². The zero-order valence-corrected chi connectivity index (χ0v) is 12.1. The highest BCUT2D eigenvalue weighted by Gasteiger charge is 2.40. The van der Waals surface area contributed by atoms with E-state index in [0.29, 0.717) is 12.0 Å². The van der Waals surface area contributed by atoms with Crippen molar-refractivity contribution in [1.29, 1.82) is 5.26 Å². The second-order valence-electron chi connectivity index (χ2n) is 6.38. The van der Waals surface area contributed by atoms with Gasteiger partial charge in [0.1, 0.15) is 0 Å². The number of benzene rings is 1. The molecule has 1 spiro atoms. The summed E-state index contributed by atoms with van der Waals surface area (Å²) in [5, 5.41) is 8.82. The first kappa shape index (κ1) is 13.6.